The number of rotatable bonds is 1. The van der Waals surface area contributed by atoms with Crippen LogP contribution in [0.25, 0.3) is 5.57 Å². The third kappa shape index (κ3) is 2.17. The van der Waals surface area contributed by atoms with Crippen LogP contribution in [0.1, 0.15) is 11.1 Å². The molecule has 0 bridgehead atoms. The van der Waals surface area contributed by atoms with E-state index in [0.29, 0.717) is 6.54 Å². The van der Waals surface area contributed by atoms with Gasteiger partial charge in [-0.3, -0.25) is 4.99 Å². The Balaban J connectivity index is 2.54. The van der Waals surface area contributed by atoms with Crippen molar-refractivity contribution in [1.29, 1.82) is 0 Å². The molecule has 1 heterocycles. The average Bonchev–Trinajstić information content (AvgIpc) is 2.47. The molecule has 3 heteroatoms. The molecule has 1 aromatic carbocycles. The maximum absolute atomic E-state index is 6.00. The maximum atomic E-state index is 6.00. The van der Waals surface area contributed by atoms with Crippen LogP contribution in [0.5, 0.6) is 0 Å². The predicted molar refractivity (Wildman–Crippen MR) is 69.8 cm³/mol. The Bertz CT molecular complexity index is 499. The van der Waals surface area contributed by atoms with Gasteiger partial charge in [-0.05, 0) is 42.3 Å². The highest BCUT2D eigenvalue weighted by Gasteiger charge is 2.09. The van der Waals surface area contributed by atoms with E-state index in [1.165, 1.54) is 0 Å². The largest absolute Gasteiger partial charge is 0.398 e. The molecular formula is C13H13ClN2. The van der Waals surface area contributed by atoms with Crippen LogP contribution in [0.2, 0.25) is 5.02 Å². The smallest absolute Gasteiger partial charge is 0.0593 e. The van der Waals surface area contributed by atoms with E-state index in [0.717, 1.165) is 27.4 Å². The third-order valence-corrected chi connectivity index (χ3v) is 2.80. The zero-order valence-corrected chi connectivity index (χ0v) is 9.83. The van der Waals surface area contributed by atoms with Crippen molar-refractivity contribution in [2.24, 2.45) is 10.7 Å². The summed E-state index contributed by atoms with van der Waals surface area (Å²) in [5.74, 6) is 0. The summed E-state index contributed by atoms with van der Waals surface area (Å²) in [5.41, 5.74) is 9.96. The summed E-state index contributed by atoms with van der Waals surface area (Å²) in [6, 6.07) is 5.81. The molecule has 2 N–H and O–H groups in total. The summed E-state index contributed by atoms with van der Waals surface area (Å²) in [4.78, 5) is 4.16. The Morgan fingerprint density at radius 2 is 2.19 bits per heavy atom. The van der Waals surface area contributed by atoms with Gasteiger partial charge in [0.25, 0.3) is 0 Å². The Labute approximate surface area is 100 Å². The molecule has 0 fully saturated rings. The van der Waals surface area contributed by atoms with Crippen molar-refractivity contribution in [2.75, 3.05) is 6.54 Å². The highest BCUT2D eigenvalue weighted by Crippen LogP contribution is 2.26. The monoisotopic (exact) mass is 232 g/mol. The van der Waals surface area contributed by atoms with Crippen molar-refractivity contribution in [3.05, 3.63) is 52.2 Å². The molecule has 16 heavy (non-hydrogen) atoms. The van der Waals surface area contributed by atoms with Crippen LogP contribution in [-0.4, -0.2) is 12.8 Å². The molecule has 0 spiro atoms. The van der Waals surface area contributed by atoms with Crippen LogP contribution in [-0.2, 0) is 0 Å². The van der Waals surface area contributed by atoms with Gasteiger partial charge in [-0.2, -0.15) is 0 Å². The lowest BCUT2D eigenvalue weighted by molar-refractivity contribution is 1.23. The number of aryl methyl sites for hydroxylation is 1. The van der Waals surface area contributed by atoms with Gasteiger partial charge in [-0.15, -0.1) is 0 Å². The van der Waals surface area contributed by atoms with Gasteiger partial charge >= 0.3 is 0 Å². The minimum Gasteiger partial charge on any atom is -0.398 e. The van der Waals surface area contributed by atoms with Crippen molar-refractivity contribution >= 4 is 23.4 Å². The minimum atomic E-state index is 0.630. The van der Waals surface area contributed by atoms with Gasteiger partial charge in [0.15, 0.2) is 0 Å². The van der Waals surface area contributed by atoms with Gasteiger partial charge in [-0.25, -0.2) is 0 Å². The van der Waals surface area contributed by atoms with Gasteiger partial charge < -0.3 is 5.73 Å². The molecule has 0 atom stereocenters. The quantitative estimate of drug-likeness (QED) is 0.794. The minimum absolute atomic E-state index is 0.630. The fraction of sp³-hybridized carbons (Fsp3) is 0.154. The lowest BCUT2D eigenvalue weighted by Gasteiger charge is -2.10. The Morgan fingerprint density at radius 3 is 3.00 bits per heavy atom. The van der Waals surface area contributed by atoms with E-state index in [9.17, 15) is 0 Å². The third-order valence-electron chi connectivity index (χ3n) is 2.56. The van der Waals surface area contributed by atoms with Crippen molar-refractivity contribution in [1.82, 2.24) is 0 Å². The summed E-state index contributed by atoms with van der Waals surface area (Å²) < 4.78 is 0. The van der Waals surface area contributed by atoms with Crippen LogP contribution in [0.3, 0.4) is 0 Å². The van der Waals surface area contributed by atoms with E-state index in [2.05, 4.69) is 4.99 Å². The molecule has 0 aromatic heterocycles. The van der Waals surface area contributed by atoms with Crippen molar-refractivity contribution in [2.45, 2.75) is 6.92 Å². The summed E-state index contributed by atoms with van der Waals surface area (Å²) in [6.07, 6.45) is 5.62. The first kappa shape index (κ1) is 11.0. The van der Waals surface area contributed by atoms with E-state index in [4.69, 9.17) is 17.3 Å². The second-order valence-corrected chi connectivity index (χ2v) is 4.15. The summed E-state index contributed by atoms with van der Waals surface area (Å²) in [5, 5.41) is 0.718. The molecule has 2 rings (SSSR count). The number of allylic oxidation sites excluding steroid dienone is 2. The normalized spacial score (nSPS) is 15.4. The Morgan fingerprint density at radius 1 is 1.38 bits per heavy atom. The summed E-state index contributed by atoms with van der Waals surface area (Å²) in [7, 11) is 0. The molecule has 0 amide bonds. The van der Waals surface area contributed by atoms with Crippen molar-refractivity contribution in [3.63, 3.8) is 0 Å². The molecule has 0 unspecified atom stereocenters. The van der Waals surface area contributed by atoms with Gasteiger partial charge in [0, 0.05) is 22.5 Å². The molecular weight excluding hydrogens is 220 g/mol. The highest BCUT2D eigenvalue weighted by molar-refractivity contribution is 6.30. The number of aliphatic imine (C=N–C) groups is 1. The summed E-state index contributed by atoms with van der Waals surface area (Å²) in [6.45, 7) is 2.67. The van der Waals surface area contributed by atoms with Crippen molar-refractivity contribution in [3.8, 4) is 0 Å². The topological polar surface area (TPSA) is 38.4 Å². The van der Waals surface area contributed by atoms with Crippen LogP contribution < -0.4 is 5.73 Å². The summed E-state index contributed by atoms with van der Waals surface area (Å²) >= 11 is 6.00. The number of hydrogen-bond donors (Lipinski definition) is 1. The fourth-order valence-corrected chi connectivity index (χ4v) is 1.85. The molecule has 0 saturated heterocycles. The predicted octanol–water partition coefficient (Wildman–Crippen LogP) is 2.96. The highest BCUT2D eigenvalue weighted by atomic mass is 35.5. The zero-order valence-electron chi connectivity index (χ0n) is 9.07. The van der Waals surface area contributed by atoms with Crippen LogP contribution in [0, 0.1) is 6.92 Å². The van der Waals surface area contributed by atoms with E-state index >= 15 is 0 Å². The fourth-order valence-electron chi connectivity index (χ4n) is 1.68. The van der Waals surface area contributed by atoms with Gasteiger partial charge in [-0.1, -0.05) is 17.7 Å². The second-order valence-electron chi connectivity index (χ2n) is 3.71. The lowest BCUT2D eigenvalue weighted by atomic mass is 9.98. The SMILES string of the molecule is Cc1ccc(Cl)cc1C1=CC=NCC=C1N. The lowest BCUT2D eigenvalue weighted by Crippen LogP contribution is -2.02. The van der Waals surface area contributed by atoms with E-state index in [1.54, 1.807) is 6.21 Å². The van der Waals surface area contributed by atoms with E-state index in [1.807, 2.05) is 37.3 Å². The zero-order chi connectivity index (χ0) is 11.5. The molecule has 0 aliphatic carbocycles. The first-order valence-corrected chi connectivity index (χ1v) is 5.49. The number of halogens is 1. The van der Waals surface area contributed by atoms with Crippen LogP contribution in [0.4, 0.5) is 0 Å². The average molecular weight is 233 g/mol. The molecule has 1 aliphatic rings. The number of nitrogens with two attached hydrogens (primary N) is 1. The standard InChI is InChI=1S/C13H13ClN2/c1-9-2-3-10(14)8-12(9)11-4-6-16-7-5-13(11)15/h2-6,8H,7,15H2,1H3. The van der Waals surface area contributed by atoms with Crippen LogP contribution in [0.15, 0.2) is 41.0 Å². The molecule has 1 aliphatic heterocycles. The Kier molecular flexibility index (Phi) is 3.11. The second kappa shape index (κ2) is 4.54. The van der Waals surface area contributed by atoms with E-state index < -0.39 is 0 Å². The van der Waals surface area contributed by atoms with Gasteiger partial charge in [0.1, 0.15) is 0 Å². The molecule has 0 saturated carbocycles. The number of nitrogens with zero attached hydrogens (tertiary/aromatic N) is 1. The first-order chi connectivity index (χ1) is 7.68. The number of hydrogen-bond acceptors (Lipinski definition) is 2. The van der Waals surface area contributed by atoms with E-state index in [-0.39, 0.29) is 0 Å². The molecule has 2 nitrogen and oxygen atoms in total. The first-order valence-electron chi connectivity index (χ1n) is 5.11. The molecule has 82 valence electrons. The molecule has 0 radical (unpaired) electrons. The number of benzene rings is 1. The van der Waals surface area contributed by atoms with Gasteiger partial charge in [0.05, 0.1) is 6.54 Å². The van der Waals surface area contributed by atoms with Crippen LogP contribution >= 0.6 is 11.6 Å². The van der Waals surface area contributed by atoms with Crippen molar-refractivity contribution < 1.29 is 0 Å². The Hall–Kier alpha value is -1.54. The molecule has 1 aromatic rings. The van der Waals surface area contributed by atoms with Gasteiger partial charge in [0.2, 0.25) is 0 Å². The maximum Gasteiger partial charge on any atom is 0.0593 e.